The maximum Gasteiger partial charge on any atom is 0.416 e. The Morgan fingerprint density at radius 3 is 2.24 bits per heavy atom. The number of esters is 1. The Labute approximate surface area is 164 Å². The molecule has 2 aromatic carbocycles. The summed E-state index contributed by atoms with van der Waals surface area (Å²) in [6.45, 7) is 0.0406. The molecule has 1 heterocycles. The molecule has 1 fully saturated rings. The summed E-state index contributed by atoms with van der Waals surface area (Å²) in [6, 6.07) is 10.2. The van der Waals surface area contributed by atoms with Crippen molar-refractivity contribution < 1.29 is 32.3 Å². The molecule has 2 aromatic rings. The standard InChI is InChI=1S/C20H17F3N2O4/c21-20(22,23)14-5-7-15(8-6-14)24-17(26)12-29-19(28)13-3-9-16(10-4-13)25-11-1-2-18(25)27/h3-10H,1-2,11-12H2,(H,24,26). The van der Waals surface area contributed by atoms with Crippen LogP contribution in [0.3, 0.4) is 0 Å². The van der Waals surface area contributed by atoms with Gasteiger partial charge in [-0.3, -0.25) is 9.59 Å². The van der Waals surface area contributed by atoms with E-state index in [-0.39, 0.29) is 17.2 Å². The molecule has 0 radical (unpaired) electrons. The maximum atomic E-state index is 12.5. The largest absolute Gasteiger partial charge is 0.452 e. The number of ether oxygens (including phenoxy) is 1. The first-order valence-electron chi connectivity index (χ1n) is 8.79. The number of hydrogen-bond donors (Lipinski definition) is 1. The number of amides is 2. The summed E-state index contributed by atoms with van der Waals surface area (Å²) in [4.78, 5) is 37.2. The molecule has 29 heavy (non-hydrogen) atoms. The summed E-state index contributed by atoms with van der Waals surface area (Å²) in [5.41, 5.74) is 0.214. The number of carbonyl (C=O) groups is 3. The fourth-order valence-corrected chi connectivity index (χ4v) is 2.85. The highest BCUT2D eigenvalue weighted by molar-refractivity contribution is 5.97. The van der Waals surface area contributed by atoms with E-state index in [0.29, 0.717) is 18.7 Å². The lowest BCUT2D eigenvalue weighted by atomic mass is 10.2. The van der Waals surface area contributed by atoms with Crippen molar-refractivity contribution in [3.63, 3.8) is 0 Å². The van der Waals surface area contributed by atoms with Crippen LogP contribution in [-0.2, 0) is 20.5 Å². The third-order valence-corrected chi connectivity index (χ3v) is 4.32. The number of nitrogens with one attached hydrogen (secondary N) is 1. The van der Waals surface area contributed by atoms with E-state index in [4.69, 9.17) is 4.74 Å². The third-order valence-electron chi connectivity index (χ3n) is 4.32. The zero-order valence-electron chi connectivity index (χ0n) is 15.2. The van der Waals surface area contributed by atoms with Crippen LogP contribution in [-0.4, -0.2) is 30.9 Å². The molecular formula is C20H17F3N2O4. The van der Waals surface area contributed by atoms with Gasteiger partial charge in [-0.2, -0.15) is 13.2 Å². The van der Waals surface area contributed by atoms with Crippen LogP contribution in [0.25, 0.3) is 0 Å². The fraction of sp³-hybridized carbons (Fsp3) is 0.250. The number of hydrogen-bond acceptors (Lipinski definition) is 4. The highest BCUT2D eigenvalue weighted by Crippen LogP contribution is 2.29. The predicted octanol–water partition coefficient (Wildman–Crippen LogP) is 3.63. The summed E-state index contributed by atoms with van der Waals surface area (Å²) < 4.78 is 42.5. The van der Waals surface area contributed by atoms with Crippen molar-refractivity contribution in [3.05, 3.63) is 59.7 Å². The molecule has 1 N–H and O–H groups in total. The summed E-state index contributed by atoms with van der Waals surface area (Å²) in [5.74, 6) is -1.38. The van der Waals surface area contributed by atoms with Gasteiger partial charge in [-0.15, -0.1) is 0 Å². The maximum absolute atomic E-state index is 12.5. The van der Waals surface area contributed by atoms with Gasteiger partial charge in [0.25, 0.3) is 5.91 Å². The topological polar surface area (TPSA) is 75.7 Å². The van der Waals surface area contributed by atoms with Crippen LogP contribution in [0.2, 0.25) is 0 Å². The molecular weight excluding hydrogens is 389 g/mol. The van der Waals surface area contributed by atoms with Crippen LogP contribution in [0, 0.1) is 0 Å². The van der Waals surface area contributed by atoms with Crippen molar-refractivity contribution in [2.24, 2.45) is 0 Å². The SMILES string of the molecule is O=C(COC(=O)c1ccc(N2CCCC2=O)cc1)Nc1ccc(C(F)(F)F)cc1. The van der Waals surface area contributed by atoms with Crippen molar-refractivity contribution in [1.82, 2.24) is 0 Å². The summed E-state index contributed by atoms with van der Waals surface area (Å²) in [6.07, 6.45) is -3.18. The molecule has 0 atom stereocenters. The average Bonchev–Trinajstić information content (AvgIpc) is 3.12. The van der Waals surface area contributed by atoms with Crippen LogP contribution in [0.15, 0.2) is 48.5 Å². The predicted molar refractivity (Wildman–Crippen MR) is 98.4 cm³/mol. The van der Waals surface area contributed by atoms with Crippen molar-refractivity contribution in [1.29, 1.82) is 0 Å². The van der Waals surface area contributed by atoms with Gasteiger partial charge in [0, 0.05) is 24.3 Å². The van der Waals surface area contributed by atoms with Crippen LogP contribution in [0.1, 0.15) is 28.8 Å². The van der Waals surface area contributed by atoms with E-state index in [9.17, 15) is 27.6 Å². The van der Waals surface area contributed by atoms with Crippen LogP contribution in [0.4, 0.5) is 24.5 Å². The Bertz CT molecular complexity index is 909. The summed E-state index contributed by atoms with van der Waals surface area (Å²) in [5, 5.41) is 2.35. The minimum Gasteiger partial charge on any atom is -0.452 e. The van der Waals surface area contributed by atoms with Crippen LogP contribution >= 0.6 is 0 Å². The zero-order chi connectivity index (χ0) is 21.0. The Balaban J connectivity index is 1.51. The van der Waals surface area contributed by atoms with E-state index in [2.05, 4.69) is 5.32 Å². The minimum absolute atomic E-state index is 0.0280. The molecule has 1 aliphatic rings. The molecule has 152 valence electrons. The van der Waals surface area contributed by atoms with Gasteiger partial charge in [0.1, 0.15) is 0 Å². The first-order valence-corrected chi connectivity index (χ1v) is 8.79. The Hall–Kier alpha value is -3.36. The highest BCUT2D eigenvalue weighted by atomic mass is 19.4. The van der Waals surface area contributed by atoms with Gasteiger partial charge in [0.2, 0.25) is 5.91 Å². The van der Waals surface area contributed by atoms with Gasteiger partial charge in [-0.05, 0) is 55.0 Å². The van der Waals surface area contributed by atoms with E-state index < -0.39 is 30.2 Å². The smallest absolute Gasteiger partial charge is 0.416 e. The first-order chi connectivity index (χ1) is 13.7. The van der Waals surface area contributed by atoms with E-state index >= 15 is 0 Å². The number of anilines is 2. The molecule has 6 nitrogen and oxygen atoms in total. The highest BCUT2D eigenvalue weighted by Gasteiger charge is 2.30. The number of carbonyl (C=O) groups excluding carboxylic acids is 3. The van der Waals surface area contributed by atoms with Crippen LogP contribution in [0.5, 0.6) is 0 Å². The molecule has 1 aliphatic heterocycles. The molecule has 0 bridgehead atoms. The number of nitrogens with zero attached hydrogens (tertiary/aromatic N) is 1. The molecule has 9 heteroatoms. The number of rotatable bonds is 5. The Morgan fingerprint density at radius 1 is 1.03 bits per heavy atom. The lowest BCUT2D eigenvalue weighted by molar-refractivity contribution is -0.137. The van der Waals surface area contributed by atoms with Crippen LogP contribution < -0.4 is 10.2 Å². The molecule has 2 amide bonds. The van der Waals surface area contributed by atoms with Gasteiger partial charge in [0.05, 0.1) is 11.1 Å². The summed E-state index contributed by atoms with van der Waals surface area (Å²) >= 11 is 0. The zero-order valence-corrected chi connectivity index (χ0v) is 15.2. The Morgan fingerprint density at radius 2 is 1.69 bits per heavy atom. The van der Waals surface area contributed by atoms with Gasteiger partial charge < -0.3 is 15.0 Å². The molecule has 0 unspecified atom stereocenters. The first kappa shape index (κ1) is 20.4. The van der Waals surface area contributed by atoms with Crippen molar-refractivity contribution in [2.75, 3.05) is 23.4 Å². The normalized spacial score (nSPS) is 14.0. The van der Waals surface area contributed by atoms with Gasteiger partial charge in [0.15, 0.2) is 6.61 Å². The van der Waals surface area contributed by atoms with Crippen molar-refractivity contribution in [2.45, 2.75) is 19.0 Å². The van der Waals surface area contributed by atoms with Crippen molar-refractivity contribution >= 4 is 29.2 Å². The second-order valence-corrected chi connectivity index (χ2v) is 6.40. The van der Waals surface area contributed by atoms with Gasteiger partial charge in [-0.25, -0.2) is 4.79 Å². The molecule has 1 saturated heterocycles. The molecule has 0 spiro atoms. The van der Waals surface area contributed by atoms with Gasteiger partial charge >= 0.3 is 12.1 Å². The second-order valence-electron chi connectivity index (χ2n) is 6.40. The van der Waals surface area contributed by atoms with E-state index in [1.54, 1.807) is 17.0 Å². The van der Waals surface area contributed by atoms with E-state index in [1.165, 1.54) is 12.1 Å². The molecule has 0 aliphatic carbocycles. The monoisotopic (exact) mass is 406 g/mol. The van der Waals surface area contributed by atoms with E-state index in [1.807, 2.05) is 0 Å². The van der Waals surface area contributed by atoms with E-state index in [0.717, 1.165) is 30.7 Å². The number of benzene rings is 2. The third kappa shape index (κ3) is 5.13. The lowest BCUT2D eigenvalue weighted by Crippen LogP contribution is -2.23. The second kappa shape index (κ2) is 8.34. The number of halogens is 3. The van der Waals surface area contributed by atoms with Crippen molar-refractivity contribution in [3.8, 4) is 0 Å². The molecule has 0 saturated carbocycles. The quantitative estimate of drug-likeness (QED) is 0.770. The minimum atomic E-state index is -4.46. The fourth-order valence-electron chi connectivity index (χ4n) is 2.85. The van der Waals surface area contributed by atoms with Gasteiger partial charge in [-0.1, -0.05) is 0 Å². The average molecular weight is 406 g/mol. The lowest BCUT2D eigenvalue weighted by Gasteiger charge is -2.15. The molecule has 0 aromatic heterocycles. The summed E-state index contributed by atoms with van der Waals surface area (Å²) in [7, 11) is 0. The molecule has 3 rings (SSSR count). The Kier molecular flexibility index (Phi) is 5.86. The number of alkyl halides is 3.